The van der Waals surface area contributed by atoms with Gasteiger partial charge in [0.25, 0.3) is 0 Å². The van der Waals surface area contributed by atoms with Crippen LogP contribution in [0.5, 0.6) is 0 Å². The SMILES string of the molecule is CC(C)=CC(=O)Nc1cccc2cc(Br)cnc12. The van der Waals surface area contributed by atoms with E-state index in [0.29, 0.717) is 0 Å². The van der Waals surface area contributed by atoms with Gasteiger partial charge in [0.05, 0.1) is 11.2 Å². The van der Waals surface area contributed by atoms with Crippen molar-refractivity contribution in [2.45, 2.75) is 13.8 Å². The summed E-state index contributed by atoms with van der Waals surface area (Å²) in [7, 11) is 0. The zero-order valence-corrected chi connectivity index (χ0v) is 11.8. The van der Waals surface area contributed by atoms with E-state index in [1.807, 2.05) is 38.1 Å². The molecule has 4 heteroatoms. The third-order valence-corrected chi connectivity index (χ3v) is 2.79. The maximum atomic E-state index is 11.7. The number of nitrogens with zero attached hydrogens (tertiary/aromatic N) is 1. The van der Waals surface area contributed by atoms with Crippen molar-refractivity contribution >= 4 is 38.4 Å². The second-order valence-electron chi connectivity index (χ2n) is 4.24. The van der Waals surface area contributed by atoms with Gasteiger partial charge in [-0.3, -0.25) is 9.78 Å². The van der Waals surface area contributed by atoms with Gasteiger partial charge in [-0.05, 0) is 41.9 Å². The zero-order valence-electron chi connectivity index (χ0n) is 10.2. The maximum absolute atomic E-state index is 11.7. The largest absolute Gasteiger partial charge is 0.321 e. The average Bonchev–Trinajstić information content (AvgIpc) is 2.27. The fourth-order valence-corrected chi connectivity index (χ4v) is 2.01. The average molecular weight is 305 g/mol. The molecule has 0 aliphatic heterocycles. The van der Waals surface area contributed by atoms with Gasteiger partial charge in [0.1, 0.15) is 0 Å². The molecule has 2 aromatic rings. The Morgan fingerprint density at radius 3 is 2.89 bits per heavy atom. The third kappa shape index (κ3) is 2.96. The highest BCUT2D eigenvalue weighted by Crippen LogP contribution is 2.23. The van der Waals surface area contributed by atoms with E-state index in [9.17, 15) is 4.79 Å². The molecule has 0 radical (unpaired) electrons. The highest BCUT2D eigenvalue weighted by atomic mass is 79.9. The fraction of sp³-hybridized carbons (Fsp3) is 0.143. The summed E-state index contributed by atoms with van der Waals surface area (Å²) < 4.78 is 0.919. The van der Waals surface area contributed by atoms with E-state index in [-0.39, 0.29) is 5.91 Å². The highest BCUT2D eigenvalue weighted by molar-refractivity contribution is 9.10. The van der Waals surface area contributed by atoms with Crippen molar-refractivity contribution in [3.05, 3.63) is 46.6 Å². The third-order valence-electron chi connectivity index (χ3n) is 2.36. The van der Waals surface area contributed by atoms with Gasteiger partial charge < -0.3 is 5.32 Å². The first kappa shape index (κ1) is 12.8. The molecular formula is C14H13BrN2O. The molecule has 18 heavy (non-hydrogen) atoms. The van der Waals surface area contributed by atoms with Gasteiger partial charge in [0, 0.05) is 22.1 Å². The van der Waals surface area contributed by atoms with E-state index in [0.717, 1.165) is 26.6 Å². The Balaban J connectivity index is 2.40. The Kier molecular flexibility index (Phi) is 3.77. The summed E-state index contributed by atoms with van der Waals surface area (Å²) in [6, 6.07) is 7.68. The quantitative estimate of drug-likeness (QED) is 0.855. The van der Waals surface area contributed by atoms with Gasteiger partial charge in [-0.1, -0.05) is 17.7 Å². The Morgan fingerprint density at radius 2 is 2.17 bits per heavy atom. The van der Waals surface area contributed by atoms with E-state index in [1.54, 1.807) is 12.3 Å². The Hall–Kier alpha value is -1.68. The Morgan fingerprint density at radius 1 is 1.39 bits per heavy atom. The minimum Gasteiger partial charge on any atom is -0.321 e. The number of benzene rings is 1. The number of para-hydroxylation sites is 1. The van der Waals surface area contributed by atoms with Crippen molar-refractivity contribution in [3.8, 4) is 0 Å². The summed E-state index contributed by atoms with van der Waals surface area (Å²) in [5, 5.41) is 3.83. The molecule has 0 saturated heterocycles. The number of hydrogen-bond donors (Lipinski definition) is 1. The van der Waals surface area contributed by atoms with Crippen molar-refractivity contribution in [3.63, 3.8) is 0 Å². The summed E-state index contributed by atoms with van der Waals surface area (Å²) in [5.74, 6) is -0.132. The number of rotatable bonds is 2. The first-order chi connectivity index (χ1) is 8.56. The molecule has 1 aromatic carbocycles. The van der Waals surface area contributed by atoms with Crippen LogP contribution in [0.1, 0.15) is 13.8 Å². The number of fused-ring (bicyclic) bond motifs is 1. The van der Waals surface area contributed by atoms with E-state index in [2.05, 4.69) is 26.2 Å². The normalized spacial score (nSPS) is 10.2. The number of allylic oxidation sites excluding steroid dienone is 1. The molecule has 92 valence electrons. The van der Waals surface area contributed by atoms with Crippen molar-refractivity contribution in [1.29, 1.82) is 0 Å². The second-order valence-corrected chi connectivity index (χ2v) is 5.16. The molecule has 1 aromatic heterocycles. The first-order valence-corrected chi connectivity index (χ1v) is 6.36. The molecule has 0 aliphatic rings. The lowest BCUT2D eigenvalue weighted by Crippen LogP contribution is -2.09. The number of pyridine rings is 1. The molecule has 1 heterocycles. The molecular weight excluding hydrogens is 292 g/mol. The van der Waals surface area contributed by atoms with Crippen LogP contribution in [0.25, 0.3) is 10.9 Å². The van der Waals surface area contributed by atoms with Crippen LogP contribution in [-0.2, 0) is 4.79 Å². The van der Waals surface area contributed by atoms with Crippen LogP contribution in [0.2, 0.25) is 0 Å². The molecule has 2 rings (SSSR count). The Labute approximate surface area is 114 Å². The zero-order chi connectivity index (χ0) is 13.1. The number of aromatic nitrogens is 1. The predicted octanol–water partition coefficient (Wildman–Crippen LogP) is 3.90. The topological polar surface area (TPSA) is 42.0 Å². The van der Waals surface area contributed by atoms with Crippen LogP contribution in [-0.4, -0.2) is 10.9 Å². The second kappa shape index (κ2) is 5.31. The maximum Gasteiger partial charge on any atom is 0.248 e. The molecule has 0 bridgehead atoms. The molecule has 1 amide bonds. The van der Waals surface area contributed by atoms with Crippen LogP contribution in [0.3, 0.4) is 0 Å². The molecule has 0 fully saturated rings. The fourth-order valence-electron chi connectivity index (χ4n) is 1.67. The molecule has 0 aliphatic carbocycles. The lowest BCUT2D eigenvalue weighted by Gasteiger charge is -2.06. The molecule has 3 nitrogen and oxygen atoms in total. The van der Waals surface area contributed by atoms with E-state index < -0.39 is 0 Å². The van der Waals surface area contributed by atoms with Crippen LogP contribution in [0, 0.1) is 0 Å². The summed E-state index contributed by atoms with van der Waals surface area (Å²) in [4.78, 5) is 16.0. The highest BCUT2D eigenvalue weighted by Gasteiger charge is 2.05. The summed E-state index contributed by atoms with van der Waals surface area (Å²) in [6.07, 6.45) is 3.29. The molecule has 0 spiro atoms. The minimum absolute atomic E-state index is 0.132. The number of halogens is 1. The first-order valence-electron chi connectivity index (χ1n) is 5.56. The molecule has 0 unspecified atom stereocenters. The van der Waals surface area contributed by atoms with Crippen molar-refractivity contribution in [2.24, 2.45) is 0 Å². The van der Waals surface area contributed by atoms with Crippen molar-refractivity contribution in [1.82, 2.24) is 4.98 Å². The number of amides is 1. The number of hydrogen-bond acceptors (Lipinski definition) is 2. The monoisotopic (exact) mass is 304 g/mol. The lowest BCUT2D eigenvalue weighted by atomic mass is 10.2. The number of carbonyl (C=O) groups is 1. The standard InChI is InChI=1S/C14H13BrN2O/c1-9(2)6-13(18)17-12-5-3-4-10-7-11(15)8-16-14(10)12/h3-8H,1-2H3,(H,17,18). The smallest absolute Gasteiger partial charge is 0.248 e. The van der Waals surface area contributed by atoms with Crippen molar-refractivity contribution in [2.75, 3.05) is 5.32 Å². The lowest BCUT2D eigenvalue weighted by molar-refractivity contribution is -0.111. The molecule has 0 atom stereocenters. The molecule has 0 saturated carbocycles. The predicted molar refractivity (Wildman–Crippen MR) is 77.5 cm³/mol. The van der Waals surface area contributed by atoms with Gasteiger partial charge >= 0.3 is 0 Å². The van der Waals surface area contributed by atoms with E-state index >= 15 is 0 Å². The number of carbonyl (C=O) groups excluding carboxylic acids is 1. The summed E-state index contributed by atoms with van der Waals surface area (Å²) in [6.45, 7) is 3.77. The summed E-state index contributed by atoms with van der Waals surface area (Å²) >= 11 is 3.38. The van der Waals surface area contributed by atoms with E-state index in [1.165, 1.54) is 0 Å². The van der Waals surface area contributed by atoms with Gasteiger partial charge in [-0.15, -0.1) is 0 Å². The summed E-state index contributed by atoms with van der Waals surface area (Å²) in [5.41, 5.74) is 2.47. The number of anilines is 1. The van der Waals surface area contributed by atoms with Crippen LogP contribution < -0.4 is 5.32 Å². The van der Waals surface area contributed by atoms with Gasteiger partial charge in [0.2, 0.25) is 5.91 Å². The molecule has 1 N–H and O–H groups in total. The van der Waals surface area contributed by atoms with Crippen LogP contribution >= 0.6 is 15.9 Å². The number of nitrogens with one attached hydrogen (secondary N) is 1. The van der Waals surface area contributed by atoms with E-state index in [4.69, 9.17) is 0 Å². The van der Waals surface area contributed by atoms with Crippen LogP contribution in [0.15, 0.2) is 46.6 Å². The minimum atomic E-state index is -0.132. The van der Waals surface area contributed by atoms with Gasteiger partial charge in [0.15, 0.2) is 0 Å². The van der Waals surface area contributed by atoms with Crippen LogP contribution in [0.4, 0.5) is 5.69 Å². The van der Waals surface area contributed by atoms with Gasteiger partial charge in [-0.25, -0.2) is 0 Å². The Bertz CT molecular complexity index is 631. The van der Waals surface area contributed by atoms with Gasteiger partial charge in [-0.2, -0.15) is 0 Å². The van der Waals surface area contributed by atoms with Crippen molar-refractivity contribution < 1.29 is 4.79 Å².